The zero-order chi connectivity index (χ0) is 18.7. The lowest BCUT2D eigenvalue weighted by molar-refractivity contribution is 0.0697. The maximum Gasteiger partial charge on any atom is 0.262 e. The van der Waals surface area contributed by atoms with Gasteiger partial charge in [-0.1, -0.05) is 25.1 Å². The SMILES string of the molecule is CC1CCN(C(=O)c2cccc(S(=O)(=O)Nc3ccccc3F)c2)CC1. The Morgan fingerprint density at radius 3 is 2.50 bits per heavy atom. The van der Waals surface area contributed by atoms with Gasteiger partial charge in [0.05, 0.1) is 10.6 Å². The fraction of sp³-hybridized carbons (Fsp3) is 0.316. The first-order chi connectivity index (χ1) is 12.4. The summed E-state index contributed by atoms with van der Waals surface area (Å²) < 4.78 is 41.0. The lowest BCUT2D eigenvalue weighted by Gasteiger charge is -2.30. The Morgan fingerprint density at radius 2 is 1.81 bits per heavy atom. The van der Waals surface area contributed by atoms with E-state index in [0.717, 1.165) is 12.8 Å². The second-order valence-electron chi connectivity index (χ2n) is 6.59. The zero-order valence-corrected chi connectivity index (χ0v) is 15.3. The number of hydrogen-bond acceptors (Lipinski definition) is 3. The summed E-state index contributed by atoms with van der Waals surface area (Å²) in [4.78, 5) is 14.3. The highest BCUT2D eigenvalue weighted by atomic mass is 32.2. The summed E-state index contributed by atoms with van der Waals surface area (Å²) in [5, 5.41) is 0. The maximum absolute atomic E-state index is 13.7. The zero-order valence-electron chi connectivity index (χ0n) is 14.5. The molecule has 26 heavy (non-hydrogen) atoms. The van der Waals surface area contributed by atoms with Crippen molar-refractivity contribution in [3.8, 4) is 0 Å². The average molecular weight is 376 g/mol. The first kappa shape index (κ1) is 18.4. The third-order valence-electron chi connectivity index (χ3n) is 4.58. The molecule has 1 aliphatic heterocycles. The van der Waals surface area contributed by atoms with Gasteiger partial charge >= 0.3 is 0 Å². The highest BCUT2D eigenvalue weighted by Gasteiger charge is 2.23. The molecule has 0 saturated carbocycles. The number of sulfonamides is 1. The molecular formula is C19H21FN2O3S. The number of carbonyl (C=O) groups is 1. The van der Waals surface area contributed by atoms with Crippen molar-refractivity contribution < 1.29 is 17.6 Å². The maximum atomic E-state index is 13.7. The molecule has 5 nitrogen and oxygen atoms in total. The van der Waals surface area contributed by atoms with Crippen molar-refractivity contribution in [2.75, 3.05) is 17.8 Å². The minimum absolute atomic E-state index is 0.0722. The van der Waals surface area contributed by atoms with Crippen molar-refractivity contribution in [2.45, 2.75) is 24.7 Å². The first-order valence-corrected chi connectivity index (χ1v) is 10.0. The van der Waals surface area contributed by atoms with Crippen molar-refractivity contribution >= 4 is 21.6 Å². The van der Waals surface area contributed by atoms with Crippen LogP contribution in [0, 0.1) is 11.7 Å². The minimum Gasteiger partial charge on any atom is -0.339 e. The normalized spacial score (nSPS) is 15.7. The van der Waals surface area contributed by atoms with Crippen LogP contribution in [0.4, 0.5) is 10.1 Å². The quantitative estimate of drug-likeness (QED) is 0.888. The van der Waals surface area contributed by atoms with E-state index in [2.05, 4.69) is 11.6 Å². The third kappa shape index (κ3) is 4.04. The number of hydrogen-bond donors (Lipinski definition) is 1. The third-order valence-corrected chi connectivity index (χ3v) is 5.94. The van der Waals surface area contributed by atoms with Gasteiger partial charge in [0.2, 0.25) is 0 Å². The molecule has 0 unspecified atom stereocenters. The largest absolute Gasteiger partial charge is 0.339 e. The van der Waals surface area contributed by atoms with Gasteiger partial charge in [-0.3, -0.25) is 9.52 Å². The monoisotopic (exact) mass is 376 g/mol. The number of nitrogens with one attached hydrogen (secondary N) is 1. The van der Waals surface area contributed by atoms with Crippen molar-refractivity contribution in [3.63, 3.8) is 0 Å². The molecule has 1 aliphatic rings. The molecule has 1 amide bonds. The summed E-state index contributed by atoms with van der Waals surface area (Å²) in [5.41, 5.74) is 0.185. The van der Waals surface area contributed by atoms with Gasteiger partial charge in [0.25, 0.3) is 15.9 Å². The lowest BCUT2D eigenvalue weighted by atomic mass is 9.98. The van der Waals surface area contributed by atoms with E-state index in [1.165, 1.54) is 42.5 Å². The van der Waals surface area contributed by atoms with Crippen LogP contribution in [0.15, 0.2) is 53.4 Å². The van der Waals surface area contributed by atoms with E-state index in [1.54, 1.807) is 11.0 Å². The minimum atomic E-state index is -3.99. The number of amides is 1. The fourth-order valence-corrected chi connectivity index (χ4v) is 4.05. The Morgan fingerprint density at radius 1 is 1.12 bits per heavy atom. The number of anilines is 1. The summed E-state index contributed by atoms with van der Waals surface area (Å²) in [7, 11) is -3.99. The van der Waals surface area contributed by atoms with Crippen LogP contribution in [0.3, 0.4) is 0 Å². The number of nitrogens with zero attached hydrogens (tertiary/aromatic N) is 1. The van der Waals surface area contributed by atoms with E-state index in [1.807, 2.05) is 0 Å². The van der Waals surface area contributed by atoms with Gasteiger partial charge < -0.3 is 4.90 Å². The fourth-order valence-electron chi connectivity index (χ4n) is 2.94. The molecular weight excluding hydrogens is 355 g/mol. The number of carbonyl (C=O) groups excluding carboxylic acids is 1. The topological polar surface area (TPSA) is 66.5 Å². The number of rotatable bonds is 4. The van der Waals surface area contributed by atoms with Gasteiger partial charge in [0.15, 0.2) is 0 Å². The van der Waals surface area contributed by atoms with Crippen LogP contribution in [-0.2, 0) is 10.0 Å². The number of likely N-dealkylation sites (tertiary alicyclic amines) is 1. The van der Waals surface area contributed by atoms with Crippen molar-refractivity contribution in [1.29, 1.82) is 0 Å². The van der Waals surface area contributed by atoms with Crippen molar-refractivity contribution in [2.24, 2.45) is 5.92 Å². The van der Waals surface area contributed by atoms with Crippen LogP contribution in [0.2, 0.25) is 0 Å². The molecule has 0 bridgehead atoms. The van der Waals surface area contributed by atoms with Crippen molar-refractivity contribution in [1.82, 2.24) is 4.90 Å². The van der Waals surface area contributed by atoms with Crippen LogP contribution in [0.25, 0.3) is 0 Å². The summed E-state index contributed by atoms with van der Waals surface area (Å²) in [6, 6.07) is 11.4. The molecule has 0 aliphatic carbocycles. The predicted octanol–water partition coefficient (Wildman–Crippen LogP) is 3.50. The molecule has 0 spiro atoms. The molecule has 2 aromatic rings. The molecule has 1 N–H and O–H groups in total. The number of halogens is 1. The first-order valence-electron chi connectivity index (χ1n) is 8.53. The molecule has 7 heteroatoms. The van der Waals surface area contributed by atoms with Crippen LogP contribution in [0.1, 0.15) is 30.1 Å². The standard InChI is InChI=1S/C19H21FN2O3S/c1-14-9-11-22(12-10-14)19(23)15-5-4-6-16(13-15)26(24,25)21-18-8-3-2-7-17(18)20/h2-8,13-14,21H,9-12H2,1H3. The summed E-state index contributed by atoms with van der Waals surface area (Å²) in [6.45, 7) is 3.50. The Hall–Kier alpha value is -2.41. The smallest absolute Gasteiger partial charge is 0.262 e. The molecule has 138 valence electrons. The van der Waals surface area contributed by atoms with E-state index in [4.69, 9.17) is 0 Å². The molecule has 0 radical (unpaired) electrons. The number of piperidine rings is 1. The van der Waals surface area contributed by atoms with Gasteiger partial charge in [0.1, 0.15) is 5.82 Å². The molecule has 2 aromatic carbocycles. The van der Waals surface area contributed by atoms with E-state index < -0.39 is 15.8 Å². The summed E-state index contributed by atoms with van der Waals surface area (Å²) in [6.07, 6.45) is 1.89. The highest BCUT2D eigenvalue weighted by Crippen LogP contribution is 2.22. The van der Waals surface area contributed by atoms with E-state index in [9.17, 15) is 17.6 Å². The molecule has 1 heterocycles. The predicted molar refractivity (Wildman–Crippen MR) is 98.0 cm³/mol. The van der Waals surface area contributed by atoms with Gasteiger partial charge in [-0.05, 0) is 49.1 Å². The Kier molecular flexibility index (Phi) is 5.27. The Labute approximate surface area is 152 Å². The van der Waals surface area contributed by atoms with E-state index >= 15 is 0 Å². The Bertz CT molecular complexity index is 907. The second-order valence-corrected chi connectivity index (χ2v) is 8.27. The molecule has 3 rings (SSSR count). The van der Waals surface area contributed by atoms with Crippen LogP contribution < -0.4 is 4.72 Å². The van der Waals surface area contributed by atoms with Gasteiger partial charge in [-0.2, -0.15) is 0 Å². The van der Waals surface area contributed by atoms with Crippen LogP contribution in [-0.4, -0.2) is 32.3 Å². The highest BCUT2D eigenvalue weighted by molar-refractivity contribution is 7.92. The molecule has 1 saturated heterocycles. The lowest BCUT2D eigenvalue weighted by Crippen LogP contribution is -2.37. The second kappa shape index (κ2) is 7.45. The summed E-state index contributed by atoms with van der Waals surface area (Å²) in [5.74, 6) is -0.249. The number of para-hydroxylation sites is 1. The average Bonchev–Trinajstić information content (AvgIpc) is 2.64. The number of benzene rings is 2. The van der Waals surface area contributed by atoms with Crippen molar-refractivity contribution in [3.05, 3.63) is 59.9 Å². The Balaban J connectivity index is 1.82. The molecule has 1 fully saturated rings. The van der Waals surface area contributed by atoms with Gasteiger partial charge in [-0.15, -0.1) is 0 Å². The molecule has 0 atom stereocenters. The van der Waals surface area contributed by atoms with Gasteiger partial charge in [-0.25, -0.2) is 12.8 Å². The van der Waals surface area contributed by atoms with E-state index in [0.29, 0.717) is 24.6 Å². The van der Waals surface area contributed by atoms with Crippen LogP contribution >= 0.6 is 0 Å². The summed E-state index contributed by atoms with van der Waals surface area (Å²) >= 11 is 0. The molecule has 0 aromatic heterocycles. The van der Waals surface area contributed by atoms with Crippen LogP contribution in [0.5, 0.6) is 0 Å². The van der Waals surface area contributed by atoms with Gasteiger partial charge in [0, 0.05) is 18.7 Å². The van der Waals surface area contributed by atoms with E-state index in [-0.39, 0.29) is 16.5 Å².